The van der Waals surface area contributed by atoms with E-state index in [1.807, 2.05) is 31.2 Å². The molecular weight excluding hydrogens is 678 g/mol. The highest BCUT2D eigenvalue weighted by molar-refractivity contribution is 6.01. The lowest BCUT2D eigenvalue weighted by atomic mass is 9.70. The highest BCUT2D eigenvalue weighted by atomic mass is 16.6. The molecule has 1 aromatic carbocycles. The first-order valence-corrected chi connectivity index (χ1v) is 19.1. The molecule has 2 heterocycles. The smallest absolute Gasteiger partial charge is 0.416 e. The molecular formula is C40H55N5O8. The number of nitrogens with one attached hydrogen (secondary N) is 1. The predicted molar refractivity (Wildman–Crippen MR) is 198 cm³/mol. The van der Waals surface area contributed by atoms with E-state index >= 15 is 0 Å². The predicted octanol–water partition coefficient (Wildman–Crippen LogP) is 7.78. The Hall–Kier alpha value is -4.86. The summed E-state index contributed by atoms with van der Waals surface area (Å²) in [4.78, 5) is 58.6. The number of fused-ring (bicyclic) bond motifs is 1. The van der Waals surface area contributed by atoms with E-state index < -0.39 is 24.0 Å². The molecule has 288 valence electrons. The fourth-order valence-corrected chi connectivity index (χ4v) is 7.32. The van der Waals surface area contributed by atoms with Gasteiger partial charge in [0, 0.05) is 18.7 Å². The van der Waals surface area contributed by atoms with Crippen LogP contribution in [-0.4, -0.2) is 75.9 Å². The number of unbranched alkanes of at least 4 members (excludes halogenated alkanes) is 2. The maximum absolute atomic E-state index is 14.4. The fraction of sp³-hybridized carbons (Fsp3) is 0.600. The molecule has 0 saturated heterocycles. The Morgan fingerprint density at radius 2 is 1.57 bits per heavy atom. The molecule has 0 bridgehead atoms. The zero-order valence-corrected chi connectivity index (χ0v) is 32.1. The van der Waals surface area contributed by atoms with Crippen LogP contribution >= 0.6 is 0 Å². The highest BCUT2D eigenvalue weighted by Crippen LogP contribution is 2.41. The van der Waals surface area contributed by atoms with Gasteiger partial charge in [-0.25, -0.2) is 19.1 Å². The molecule has 1 amide bonds. The quantitative estimate of drug-likeness (QED) is 0.101. The molecule has 4 rings (SSSR count). The van der Waals surface area contributed by atoms with Gasteiger partial charge in [0.2, 0.25) is 5.88 Å². The van der Waals surface area contributed by atoms with Crippen molar-refractivity contribution in [3.05, 3.63) is 41.0 Å². The summed E-state index contributed by atoms with van der Waals surface area (Å²) >= 11 is 0. The van der Waals surface area contributed by atoms with Gasteiger partial charge in [-0.3, -0.25) is 14.7 Å². The second-order valence-corrected chi connectivity index (χ2v) is 14.0. The maximum atomic E-state index is 14.4. The van der Waals surface area contributed by atoms with Crippen molar-refractivity contribution >= 4 is 29.6 Å². The minimum absolute atomic E-state index is 0.0786. The Morgan fingerprint density at radius 3 is 2.09 bits per heavy atom. The molecule has 13 nitrogen and oxygen atoms in total. The average molecular weight is 734 g/mol. The molecule has 0 aliphatic heterocycles. The number of H-pyrrole nitrogens is 1. The molecule has 53 heavy (non-hydrogen) atoms. The highest BCUT2D eigenvalue weighted by Gasteiger charge is 2.40. The summed E-state index contributed by atoms with van der Waals surface area (Å²) in [6.45, 7) is 11.9. The average Bonchev–Trinajstić information content (AvgIpc) is 3.68. The number of rotatable bonds is 18. The number of nitriles is 1. The summed E-state index contributed by atoms with van der Waals surface area (Å²) in [5, 5.41) is 13.7. The third-order valence-electron chi connectivity index (χ3n) is 9.81. The largest absolute Gasteiger partial charge is 0.466 e. The van der Waals surface area contributed by atoms with Crippen LogP contribution in [-0.2, 0) is 23.8 Å². The first-order valence-electron chi connectivity index (χ1n) is 19.1. The third-order valence-corrected chi connectivity index (χ3v) is 9.81. The number of hydrogen-bond acceptors (Lipinski definition) is 10. The second kappa shape index (κ2) is 19.8. The van der Waals surface area contributed by atoms with Crippen molar-refractivity contribution in [2.75, 3.05) is 26.3 Å². The molecule has 2 unspecified atom stereocenters. The van der Waals surface area contributed by atoms with E-state index in [0.717, 1.165) is 62.5 Å². The van der Waals surface area contributed by atoms with Crippen molar-refractivity contribution in [2.45, 2.75) is 112 Å². The lowest BCUT2D eigenvalue weighted by Gasteiger charge is -2.40. The summed E-state index contributed by atoms with van der Waals surface area (Å²) in [6.07, 6.45) is 6.30. The Morgan fingerprint density at radius 1 is 0.962 bits per heavy atom. The van der Waals surface area contributed by atoms with E-state index in [2.05, 4.69) is 31.9 Å². The van der Waals surface area contributed by atoms with Gasteiger partial charge < -0.3 is 23.8 Å². The number of carbonyl (C=O) groups excluding carboxylic acids is 4. The summed E-state index contributed by atoms with van der Waals surface area (Å²) in [6, 6.07) is 9.67. The van der Waals surface area contributed by atoms with Crippen molar-refractivity contribution in [2.24, 2.45) is 17.8 Å². The van der Waals surface area contributed by atoms with Gasteiger partial charge in [0.15, 0.2) is 11.5 Å². The minimum Gasteiger partial charge on any atom is -0.466 e. The summed E-state index contributed by atoms with van der Waals surface area (Å²) in [5.74, 6) is -0.768. The lowest BCUT2D eigenvalue weighted by Crippen LogP contribution is -2.40. The molecule has 1 aliphatic carbocycles. The first-order chi connectivity index (χ1) is 25.5. The van der Waals surface area contributed by atoms with E-state index in [0.29, 0.717) is 11.7 Å². The number of ether oxygens (including phenoxy) is 4. The van der Waals surface area contributed by atoms with Gasteiger partial charge in [-0.05, 0) is 70.3 Å². The van der Waals surface area contributed by atoms with Gasteiger partial charge in [0.1, 0.15) is 23.3 Å². The van der Waals surface area contributed by atoms with Gasteiger partial charge >= 0.3 is 24.0 Å². The lowest BCUT2D eigenvalue weighted by molar-refractivity contribution is -0.143. The Balaban J connectivity index is 1.77. The monoisotopic (exact) mass is 733 g/mol. The Bertz CT molecular complexity index is 1720. The second-order valence-electron chi connectivity index (χ2n) is 14.0. The van der Waals surface area contributed by atoms with Crippen LogP contribution in [0.25, 0.3) is 17.0 Å². The van der Waals surface area contributed by atoms with Crippen molar-refractivity contribution in [3.8, 4) is 23.3 Å². The van der Waals surface area contributed by atoms with Gasteiger partial charge in [0.25, 0.3) is 0 Å². The minimum atomic E-state index is -0.943. The molecule has 0 radical (unpaired) electrons. The van der Waals surface area contributed by atoms with E-state index in [1.165, 1.54) is 9.42 Å². The van der Waals surface area contributed by atoms with Crippen LogP contribution in [0.2, 0.25) is 0 Å². The SMILES string of the molecule is CCCCC1CC(C)CC(CCCC)C1OC(=O)c1c(C#N)c(OC(=O)N(CCC(=O)OCC)CCC(=O)OCC)n2[nH]c(-c3cccc(C)c3)nc12. The molecule has 2 atom stereocenters. The number of esters is 3. The topological polar surface area (TPSA) is 165 Å². The standard InChI is InChI=1S/C40H55N5O8/c1-7-11-15-28-23-27(6)24-29(16-12-8-2)35(28)52-39(48)34-31(25-41)38(45-37(34)42-36(43-45)30-17-13-14-26(5)22-30)53-40(49)44(20-18-32(46)50-9-3)21-19-33(47)51-10-4/h13-14,17,22,27-29,35H,7-12,15-16,18-21,23-24H2,1-6H3,(H,42,43). The number of amides is 1. The molecule has 3 aromatic rings. The number of benzene rings is 1. The zero-order chi connectivity index (χ0) is 38.5. The Kier molecular flexibility index (Phi) is 15.3. The van der Waals surface area contributed by atoms with Crippen LogP contribution in [0.4, 0.5) is 4.79 Å². The van der Waals surface area contributed by atoms with E-state index in [9.17, 15) is 24.4 Å². The van der Waals surface area contributed by atoms with Crippen LogP contribution in [0.5, 0.6) is 5.88 Å². The van der Waals surface area contributed by atoms with Crippen LogP contribution in [0.3, 0.4) is 0 Å². The molecule has 2 aromatic heterocycles. The van der Waals surface area contributed by atoms with Crippen LogP contribution in [0, 0.1) is 36.0 Å². The maximum Gasteiger partial charge on any atom is 0.416 e. The van der Waals surface area contributed by atoms with Crippen LogP contribution in [0.15, 0.2) is 24.3 Å². The van der Waals surface area contributed by atoms with Crippen molar-refractivity contribution in [1.29, 1.82) is 5.26 Å². The Labute approximate surface area is 312 Å². The first kappa shape index (κ1) is 40.9. The van der Waals surface area contributed by atoms with E-state index in [-0.39, 0.29) is 79.7 Å². The number of aromatic nitrogens is 3. The molecule has 13 heteroatoms. The molecule has 1 fully saturated rings. The number of carbonyl (C=O) groups is 4. The van der Waals surface area contributed by atoms with Gasteiger partial charge in [-0.15, -0.1) is 0 Å². The molecule has 1 N–H and O–H groups in total. The number of nitrogens with zero attached hydrogens (tertiary/aromatic N) is 4. The summed E-state index contributed by atoms with van der Waals surface area (Å²) < 4.78 is 23.7. The van der Waals surface area contributed by atoms with Gasteiger partial charge in [-0.2, -0.15) is 5.26 Å². The number of aryl methyl sites for hydroxylation is 1. The van der Waals surface area contributed by atoms with Crippen molar-refractivity contribution < 1.29 is 38.1 Å². The van der Waals surface area contributed by atoms with Crippen molar-refractivity contribution in [1.82, 2.24) is 19.5 Å². The molecule has 1 saturated carbocycles. The molecule has 0 spiro atoms. The van der Waals surface area contributed by atoms with E-state index in [1.54, 1.807) is 13.8 Å². The molecule has 1 aliphatic rings. The van der Waals surface area contributed by atoms with Crippen molar-refractivity contribution in [3.63, 3.8) is 0 Å². The number of aromatic amines is 1. The zero-order valence-electron chi connectivity index (χ0n) is 32.1. The normalized spacial score (nSPS) is 18.3. The summed E-state index contributed by atoms with van der Waals surface area (Å²) in [5.41, 5.74) is 1.46. The number of hydrogen-bond donors (Lipinski definition) is 1. The van der Waals surface area contributed by atoms with Crippen LogP contribution < -0.4 is 4.74 Å². The van der Waals surface area contributed by atoms with Gasteiger partial charge in [-0.1, -0.05) is 70.2 Å². The fourth-order valence-electron chi connectivity index (χ4n) is 7.32. The van der Waals surface area contributed by atoms with Crippen LogP contribution in [0.1, 0.15) is 120 Å². The summed E-state index contributed by atoms with van der Waals surface area (Å²) in [7, 11) is 0. The van der Waals surface area contributed by atoms with Gasteiger partial charge in [0.05, 0.1) is 26.1 Å². The van der Waals surface area contributed by atoms with E-state index in [4.69, 9.17) is 23.9 Å². The third kappa shape index (κ3) is 10.6.